The molecular weight excluding hydrogens is 258 g/mol. The summed E-state index contributed by atoms with van der Waals surface area (Å²) < 4.78 is 5.44. The molecule has 18 heavy (non-hydrogen) atoms. The molecule has 1 aromatic rings. The molecule has 1 aliphatic rings. The predicted molar refractivity (Wildman–Crippen MR) is 66.1 cm³/mol. The Hall–Kier alpha value is -1.75. The summed E-state index contributed by atoms with van der Waals surface area (Å²) in [7, 11) is 0. The van der Waals surface area contributed by atoms with E-state index in [1.165, 1.54) is 4.90 Å². The largest absolute Gasteiger partial charge is 0.481 e. The Morgan fingerprint density at radius 2 is 2.28 bits per heavy atom. The number of carbonyl (C=O) groups is 2. The van der Waals surface area contributed by atoms with E-state index in [4.69, 9.17) is 21.4 Å². The van der Waals surface area contributed by atoms with Crippen molar-refractivity contribution in [1.82, 2.24) is 0 Å². The zero-order chi connectivity index (χ0) is 13.3. The normalized spacial score (nSPS) is 18.2. The van der Waals surface area contributed by atoms with Crippen molar-refractivity contribution in [3.05, 3.63) is 23.2 Å². The van der Waals surface area contributed by atoms with Gasteiger partial charge in [-0.2, -0.15) is 0 Å². The number of anilines is 1. The summed E-state index contributed by atoms with van der Waals surface area (Å²) in [5.74, 6) is -0.691. The lowest BCUT2D eigenvalue weighted by Crippen LogP contribution is -2.45. The first-order valence-electron chi connectivity index (χ1n) is 5.48. The highest BCUT2D eigenvalue weighted by atomic mass is 35.5. The third-order valence-corrected chi connectivity index (χ3v) is 2.91. The average molecular weight is 270 g/mol. The zero-order valence-corrected chi connectivity index (χ0v) is 10.5. The molecule has 1 heterocycles. The third-order valence-electron chi connectivity index (χ3n) is 2.68. The smallest absolute Gasteiger partial charge is 0.305 e. The standard InChI is InChI=1S/C12H12ClNO4/c1-7-12(17)14(5-4-11(15)16)9-3-2-8(13)6-10(9)18-7/h2-3,6-7H,4-5H2,1H3,(H,15,16)/t7-/m0/s1. The van der Waals surface area contributed by atoms with Gasteiger partial charge in [0.15, 0.2) is 6.10 Å². The van der Waals surface area contributed by atoms with E-state index in [2.05, 4.69) is 0 Å². The molecule has 0 bridgehead atoms. The van der Waals surface area contributed by atoms with Gasteiger partial charge in [0, 0.05) is 17.6 Å². The van der Waals surface area contributed by atoms with Crippen LogP contribution in [-0.2, 0) is 9.59 Å². The number of benzene rings is 1. The van der Waals surface area contributed by atoms with E-state index in [-0.39, 0.29) is 18.9 Å². The van der Waals surface area contributed by atoms with Crippen LogP contribution >= 0.6 is 11.6 Å². The molecule has 6 heteroatoms. The van der Waals surface area contributed by atoms with Gasteiger partial charge in [-0.25, -0.2) is 0 Å². The number of hydrogen-bond acceptors (Lipinski definition) is 3. The number of ether oxygens (including phenoxy) is 1. The van der Waals surface area contributed by atoms with Crippen LogP contribution in [0.15, 0.2) is 18.2 Å². The summed E-state index contributed by atoms with van der Waals surface area (Å²) in [4.78, 5) is 24.0. The third kappa shape index (κ3) is 2.41. The molecule has 0 saturated carbocycles. The van der Waals surface area contributed by atoms with Crippen LogP contribution in [0.4, 0.5) is 5.69 Å². The molecule has 0 spiro atoms. The fraction of sp³-hybridized carbons (Fsp3) is 0.333. The summed E-state index contributed by atoms with van der Waals surface area (Å²) in [6.45, 7) is 1.75. The van der Waals surface area contributed by atoms with Gasteiger partial charge in [-0.3, -0.25) is 9.59 Å². The maximum Gasteiger partial charge on any atom is 0.305 e. The predicted octanol–water partition coefficient (Wildman–Crippen LogP) is 1.93. The number of aliphatic carboxylic acids is 1. The highest BCUT2D eigenvalue weighted by Crippen LogP contribution is 2.36. The topological polar surface area (TPSA) is 66.8 Å². The van der Waals surface area contributed by atoms with Gasteiger partial charge < -0.3 is 14.7 Å². The van der Waals surface area contributed by atoms with Gasteiger partial charge in [0.2, 0.25) is 0 Å². The molecule has 0 radical (unpaired) electrons. The van der Waals surface area contributed by atoms with Crippen molar-refractivity contribution in [3.63, 3.8) is 0 Å². The number of carboxylic acid groups (broad SMARTS) is 1. The monoisotopic (exact) mass is 269 g/mol. The lowest BCUT2D eigenvalue weighted by molar-refractivity contribution is -0.136. The number of hydrogen-bond donors (Lipinski definition) is 1. The van der Waals surface area contributed by atoms with Gasteiger partial charge in [0.05, 0.1) is 12.1 Å². The second-order valence-electron chi connectivity index (χ2n) is 4.01. The van der Waals surface area contributed by atoms with E-state index < -0.39 is 12.1 Å². The minimum absolute atomic E-state index is 0.111. The highest BCUT2D eigenvalue weighted by Gasteiger charge is 2.31. The van der Waals surface area contributed by atoms with Crippen molar-refractivity contribution in [2.45, 2.75) is 19.4 Å². The highest BCUT2D eigenvalue weighted by molar-refractivity contribution is 6.30. The van der Waals surface area contributed by atoms with E-state index in [9.17, 15) is 9.59 Å². The number of nitrogens with zero attached hydrogens (tertiary/aromatic N) is 1. The van der Waals surface area contributed by atoms with Crippen LogP contribution in [0.3, 0.4) is 0 Å². The Balaban J connectivity index is 2.33. The van der Waals surface area contributed by atoms with Crippen LogP contribution in [0.25, 0.3) is 0 Å². The van der Waals surface area contributed by atoms with Gasteiger partial charge in [-0.1, -0.05) is 11.6 Å². The number of halogens is 1. The zero-order valence-electron chi connectivity index (χ0n) is 9.72. The fourth-order valence-corrected chi connectivity index (χ4v) is 1.98. The maximum absolute atomic E-state index is 12.0. The van der Waals surface area contributed by atoms with E-state index in [0.29, 0.717) is 16.5 Å². The Morgan fingerprint density at radius 3 is 2.94 bits per heavy atom. The Labute approximate surface area is 109 Å². The lowest BCUT2D eigenvalue weighted by atomic mass is 10.2. The molecule has 5 nitrogen and oxygen atoms in total. The maximum atomic E-state index is 12.0. The Kier molecular flexibility index (Phi) is 3.43. The van der Waals surface area contributed by atoms with Crippen molar-refractivity contribution in [2.75, 3.05) is 11.4 Å². The lowest BCUT2D eigenvalue weighted by Gasteiger charge is -2.32. The van der Waals surface area contributed by atoms with Crippen molar-refractivity contribution in [1.29, 1.82) is 0 Å². The second kappa shape index (κ2) is 4.86. The first-order valence-corrected chi connectivity index (χ1v) is 5.86. The number of carbonyl (C=O) groups excluding carboxylic acids is 1. The van der Waals surface area contributed by atoms with Crippen LogP contribution < -0.4 is 9.64 Å². The molecule has 1 amide bonds. The molecule has 0 aromatic heterocycles. The van der Waals surface area contributed by atoms with Crippen molar-refractivity contribution < 1.29 is 19.4 Å². The Bertz CT molecular complexity index is 503. The SMILES string of the molecule is C[C@@H]1Oc2cc(Cl)ccc2N(CCC(=O)O)C1=O. The van der Waals surface area contributed by atoms with Crippen molar-refractivity contribution in [2.24, 2.45) is 0 Å². The fourth-order valence-electron chi connectivity index (χ4n) is 1.82. The minimum Gasteiger partial charge on any atom is -0.481 e. The van der Waals surface area contributed by atoms with Crippen molar-refractivity contribution in [3.8, 4) is 5.75 Å². The van der Waals surface area contributed by atoms with Crippen LogP contribution in [-0.4, -0.2) is 29.6 Å². The summed E-state index contributed by atoms with van der Waals surface area (Å²) >= 11 is 5.86. The van der Waals surface area contributed by atoms with Gasteiger partial charge in [-0.05, 0) is 19.1 Å². The molecule has 0 saturated heterocycles. The van der Waals surface area contributed by atoms with Crippen molar-refractivity contribution >= 4 is 29.2 Å². The van der Waals surface area contributed by atoms with Crippen LogP contribution in [0.5, 0.6) is 5.75 Å². The molecular formula is C12H12ClNO4. The molecule has 96 valence electrons. The first-order chi connectivity index (χ1) is 8.49. The molecule has 1 atom stereocenters. The molecule has 0 unspecified atom stereocenters. The summed E-state index contributed by atoms with van der Waals surface area (Å²) in [6.07, 6.45) is -0.745. The van der Waals surface area contributed by atoms with E-state index in [0.717, 1.165) is 0 Å². The molecule has 0 aliphatic carbocycles. The molecule has 1 N–H and O–H groups in total. The summed E-state index contributed by atoms with van der Waals surface area (Å²) in [5, 5.41) is 9.21. The quantitative estimate of drug-likeness (QED) is 0.910. The molecule has 1 aliphatic heterocycles. The molecule has 2 rings (SSSR count). The van der Waals surface area contributed by atoms with Gasteiger partial charge in [0.25, 0.3) is 5.91 Å². The summed E-state index contributed by atoms with van der Waals surface area (Å²) in [5.41, 5.74) is 0.559. The van der Waals surface area contributed by atoms with Crippen LogP contribution in [0.2, 0.25) is 5.02 Å². The van der Waals surface area contributed by atoms with Gasteiger partial charge in [0.1, 0.15) is 5.75 Å². The van der Waals surface area contributed by atoms with E-state index >= 15 is 0 Å². The minimum atomic E-state index is -0.947. The molecule has 1 aromatic carbocycles. The van der Waals surface area contributed by atoms with Gasteiger partial charge >= 0.3 is 5.97 Å². The van der Waals surface area contributed by atoms with E-state index in [1.807, 2.05) is 0 Å². The van der Waals surface area contributed by atoms with E-state index in [1.54, 1.807) is 25.1 Å². The molecule has 0 fully saturated rings. The van der Waals surface area contributed by atoms with Crippen LogP contribution in [0.1, 0.15) is 13.3 Å². The first kappa shape index (κ1) is 12.7. The number of amides is 1. The Morgan fingerprint density at radius 1 is 1.56 bits per heavy atom. The number of fused-ring (bicyclic) bond motifs is 1. The second-order valence-corrected chi connectivity index (χ2v) is 4.44. The van der Waals surface area contributed by atoms with Crippen LogP contribution in [0, 0.1) is 0 Å². The summed E-state index contributed by atoms with van der Waals surface area (Å²) in [6, 6.07) is 4.91. The number of rotatable bonds is 3. The van der Waals surface area contributed by atoms with Gasteiger partial charge in [-0.15, -0.1) is 0 Å². The average Bonchev–Trinajstić information content (AvgIpc) is 2.29. The number of carboxylic acids is 1.